The van der Waals surface area contributed by atoms with Crippen molar-refractivity contribution in [3.8, 4) is 17.2 Å². The van der Waals surface area contributed by atoms with Crippen molar-refractivity contribution in [2.24, 2.45) is 0 Å². The number of methoxy groups -OCH3 is 3. The number of hydrogen-bond acceptors (Lipinski definition) is 5. The van der Waals surface area contributed by atoms with Crippen molar-refractivity contribution in [1.82, 2.24) is 15.5 Å². The van der Waals surface area contributed by atoms with Gasteiger partial charge in [-0.2, -0.15) is 0 Å². The van der Waals surface area contributed by atoms with Crippen molar-refractivity contribution < 1.29 is 14.2 Å². The molecular weight excluding hydrogens is 350 g/mol. The number of nitrogens with zero attached hydrogens (tertiary/aromatic N) is 1. The molecule has 1 aliphatic heterocycles. The fraction of sp³-hybridized carbons (Fsp3) is 0.632. The Labute approximate surface area is 161 Å². The fourth-order valence-electron chi connectivity index (χ4n) is 3.36. The summed E-state index contributed by atoms with van der Waals surface area (Å²) in [6, 6.07) is 5.13. The molecule has 1 saturated heterocycles. The second-order valence-electron chi connectivity index (χ2n) is 6.98. The van der Waals surface area contributed by atoms with Gasteiger partial charge in [-0.05, 0) is 55.6 Å². The first-order valence-corrected chi connectivity index (χ1v) is 9.62. The van der Waals surface area contributed by atoms with Crippen molar-refractivity contribution in [1.29, 1.82) is 0 Å². The Bertz CT molecular complexity index is 603. The largest absolute Gasteiger partial charge is 0.493 e. The standard InChI is InChI=1S/C19H29N3O3S/c1-23-16-10-13(11-17(24-2)18(16)25-3)12-22-8-6-15(7-9-22)21-19(26)20-14-4-5-14/h10-11,14-15H,4-9,12H2,1-3H3,(H2,20,21,26). The number of ether oxygens (including phenoxy) is 3. The summed E-state index contributed by atoms with van der Waals surface area (Å²) >= 11 is 5.39. The second-order valence-corrected chi connectivity index (χ2v) is 7.38. The summed E-state index contributed by atoms with van der Waals surface area (Å²) in [6.07, 6.45) is 4.68. The van der Waals surface area contributed by atoms with Crippen LogP contribution in [0.4, 0.5) is 0 Å². The summed E-state index contributed by atoms with van der Waals surface area (Å²) < 4.78 is 16.3. The zero-order valence-electron chi connectivity index (χ0n) is 15.8. The summed E-state index contributed by atoms with van der Waals surface area (Å²) in [7, 11) is 4.92. The van der Waals surface area contributed by atoms with Crippen LogP contribution in [-0.4, -0.2) is 56.5 Å². The summed E-state index contributed by atoms with van der Waals surface area (Å²) in [5.74, 6) is 2.04. The first-order chi connectivity index (χ1) is 12.6. The van der Waals surface area contributed by atoms with Crippen LogP contribution in [0, 0.1) is 0 Å². The molecule has 144 valence electrons. The van der Waals surface area contributed by atoms with Crippen LogP contribution in [0.3, 0.4) is 0 Å². The lowest BCUT2D eigenvalue weighted by molar-refractivity contribution is 0.198. The highest BCUT2D eigenvalue weighted by Crippen LogP contribution is 2.38. The monoisotopic (exact) mass is 379 g/mol. The minimum absolute atomic E-state index is 0.463. The number of piperidine rings is 1. The van der Waals surface area contributed by atoms with Gasteiger partial charge in [-0.25, -0.2) is 0 Å². The van der Waals surface area contributed by atoms with Crippen molar-refractivity contribution in [3.63, 3.8) is 0 Å². The van der Waals surface area contributed by atoms with Crippen LogP contribution in [-0.2, 0) is 6.54 Å². The molecule has 0 amide bonds. The van der Waals surface area contributed by atoms with E-state index in [9.17, 15) is 0 Å². The number of likely N-dealkylation sites (tertiary alicyclic amines) is 1. The van der Waals surface area contributed by atoms with Gasteiger partial charge < -0.3 is 24.8 Å². The molecule has 0 unspecified atom stereocenters. The third kappa shape index (κ3) is 4.92. The van der Waals surface area contributed by atoms with Gasteiger partial charge in [0.2, 0.25) is 5.75 Å². The zero-order valence-corrected chi connectivity index (χ0v) is 16.7. The molecule has 0 spiro atoms. The van der Waals surface area contributed by atoms with Crippen LogP contribution in [0.25, 0.3) is 0 Å². The average molecular weight is 380 g/mol. The van der Waals surface area contributed by atoms with Gasteiger partial charge >= 0.3 is 0 Å². The summed E-state index contributed by atoms with van der Waals surface area (Å²) in [5.41, 5.74) is 1.16. The summed E-state index contributed by atoms with van der Waals surface area (Å²) in [6.45, 7) is 2.95. The predicted octanol–water partition coefficient (Wildman–Crippen LogP) is 2.30. The molecule has 1 saturated carbocycles. The predicted molar refractivity (Wildman–Crippen MR) is 106 cm³/mol. The minimum atomic E-state index is 0.463. The lowest BCUT2D eigenvalue weighted by Gasteiger charge is -2.33. The van der Waals surface area contributed by atoms with E-state index in [1.54, 1.807) is 21.3 Å². The van der Waals surface area contributed by atoms with Crippen LogP contribution in [0.5, 0.6) is 17.2 Å². The molecule has 0 atom stereocenters. The number of rotatable bonds is 7. The second kappa shape index (κ2) is 8.77. The lowest BCUT2D eigenvalue weighted by Crippen LogP contribution is -2.48. The number of nitrogens with one attached hydrogen (secondary N) is 2. The van der Waals surface area contributed by atoms with Crippen molar-refractivity contribution in [2.75, 3.05) is 34.4 Å². The molecule has 1 heterocycles. The van der Waals surface area contributed by atoms with E-state index in [-0.39, 0.29) is 0 Å². The molecule has 6 nitrogen and oxygen atoms in total. The Morgan fingerprint density at radius 3 is 1.96 bits per heavy atom. The van der Waals surface area contributed by atoms with E-state index in [2.05, 4.69) is 15.5 Å². The lowest BCUT2D eigenvalue weighted by atomic mass is 10.0. The van der Waals surface area contributed by atoms with Crippen LogP contribution in [0.15, 0.2) is 12.1 Å². The van der Waals surface area contributed by atoms with E-state index in [1.807, 2.05) is 12.1 Å². The van der Waals surface area contributed by atoms with E-state index < -0.39 is 0 Å². The highest BCUT2D eigenvalue weighted by molar-refractivity contribution is 7.80. The first kappa shape index (κ1) is 19.0. The van der Waals surface area contributed by atoms with E-state index in [4.69, 9.17) is 26.4 Å². The number of thiocarbonyl (C=S) groups is 1. The summed E-state index contributed by atoms with van der Waals surface area (Å²) in [4.78, 5) is 2.45. The molecule has 2 aliphatic rings. The van der Waals surface area contributed by atoms with E-state index in [0.717, 1.165) is 43.2 Å². The minimum Gasteiger partial charge on any atom is -0.493 e. The fourth-order valence-corrected chi connectivity index (χ4v) is 3.69. The van der Waals surface area contributed by atoms with E-state index in [0.29, 0.717) is 29.3 Å². The molecule has 1 aromatic rings. The van der Waals surface area contributed by atoms with Crippen LogP contribution < -0.4 is 24.8 Å². The maximum Gasteiger partial charge on any atom is 0.203 e. The quantitative estimate of drug-likeness (QED) is 0.705. The van der Waals surface area contributed by atoms with Gasteiger partial charge in [-0.15, -0.1) is 0 Å². The third-order valence-corrected chi connectivity index (χ3v) is 5.20. The van der Waals surface area contributed by atoms with Gasteiger partial charge in [0.05, 0.1) is 21.3 Å². The molecule has 1 aromatic carbocycles. The van der Waals surface area contributed by atoms with Crippen molar-refractivity contribution in [2.45, 2.75) is 44.3 Å². The van der Waals surface area contributed by atoms with Crippen LogP contribution in [0.1, 0.15) is 31.2 Å². The van der Waals surface area contributed by atoms with Crippen molar-refractivity contribution >= 4 is 17.3 Å². The normalized spacial score (nSPS) is 18.3. The topological polar surface area (TPSA) is 55.0 Å². The van der Waals surface area contributed by atoms with E-state index >= 15 is 0 Å². The molecule has 0 aromatic heterocycles. The highest BCUT2D eigenvalue weighted by Gasteiger charge is 2.24. The summed E-state index contributed by atoms with van der Waals surface area (Å²) in [5, 5.41) is 7.63. The number of hydrogen-bond donors (Lipinski definition) is 2. The Balaban J connectivity index is 1.53. The van der Waals surface area contributed by atoms with Crippen molar-refractivity contribution in [3.05, 3.63) is 17.7 Å². The Morgan fingerprint density at radius 2 is 1.50 bits per heavy atom. The van der Waals surface area contributed by atoms with Crippen LogP contribution >= 0.6 is 12.2 Å². The molecule has 3 rings (SSSR count). The zero-order chi connectivity index (χ0) is 18.5. The van der Waals surface area contributed by atoms with Gasteiger partial charge in [0.25, 0.3) is 0 Å². The number of benzene rings is 1. The third-order valence-electron chi connectivity index (χ3n) is 4.97. The van der Waals surface area contributed by atoms with Gasteiger partial charge in [-0.3, -0.25) is 4.90 Å². The van der Waals surface area contributed by atoms with Gasteiger partial charge in [0.15, 0.2) is 16.6 Å². The SMILES string of the molecule is COc1cc(CN2CCC(NC(=S)NC3CC3)CC2)cc(OC)c1OC. The Hall–Kier alpha value is -1.73. The molecule has 0 bridgehead atoms. The molecular formula is C19H29N3O3S. The Morgan fingerprint density at radius 1 is 0.962 bits per heavy atom. The molecule has 2 fully saturated rings. The van der Waals surface area contributed by atoms with E-state index in [1.165, 1.54) is 12.8 Å². The molecule has 1 aliphatic carbocycles. The molecule has 7 heteroatoms. The molecule has 0 radical (unpaired) electrons. The molecule has 2 N–H and O–H groups in total. The molecule has 26 heavy (non-hydrogen) atoms. The highest BCUT2D eigenvalue weighted by atomic mass is 32.1. The average Bonchev–Trinajstić information content (AvgIpc) is 3.46. The van der Waals surface area contributed by atoms with Gasteiger partial charge in [0, 0.05) is 31.7 Å². The Kier molecular flexibility index (Phi) is 6.43. The maximum atomic E-state index is 5.45. The van der Waals surface area contributed by atoms with Gasteiger partial charge in [-0.1, -0.05) is 0 Å². The smallest absolute Gasteiger partial charge is 0.203 e. The first-order valence-electron chi connectivity index (χ1n) is 9.21. The van der Waals surface area contributed by atoms with Crippen LogP contribution in [0.2, 0.25) is 0 Å². The van der Waals surface area contributed by atoms with Gasteiger partial charge in [0.1, 0.15) is 0 Å². The maximum absolute atomic E-state index is 5.45.